The third-order valence-corrected chi connectivity index (χ3v) is 3.80. The number of rotatable bonds is 4. The van der Waals surface area contributed by atoms with Gasteiger partial charge < -0.3 is 10.1 Å². The number of hydrogen-bond donors (Lipinski definition) is 1. The summed E-state index contributed by atoms with van der Waals surface area (Å²) in [7, 11) is 0. The number of ether oxygens (including phenoxy) is 1. The van der Waals surface area contributed by atoms with Crippen molar-refractivity contribution in [3.8, 4) is 0 Å². The van der Waals surface area contributed by atoms with E-state index in [1.165, 1.54) is 24.3 Å². The molecule has 2 aromatic carbocycles. The molecule has 5 heteroatoms. The summed E-state index contributed by atoms with van der Waals surface area (Å²) in [6.07, 6.45) is -2.53. The molecule has 1 amide bonds. The normalized spacial score (nSPS) is 16.1. The molecule has 0 atom stereocenters. The van der Waals surface area contributed by atoms with Gasteiger partial charge in [0.25, 0.3) is 12.3 Å². The van der Waals surface area contributed by atoms with Crippen LogP contribution in [0.25, 0.3) is 0 Å². The third kappa shape index (κ3) is 2.72. The maximum atomic E-state index is 12.5. The molecule has 0 saturated carbocycles. The van der Waals surface area contributed by atoms with E-state index in [1.807, 2.05) is 30.3 Å². The van der Waals surface area contributed by atoms with Crippen LogP contribution < -0.4 is 5.32 Å². The van der Waals surface area contributed by atoms with E-state index < -0.39 is 12.0 Å². The largest absolute Gasteiger partial charge is 0.376 e. The van der Waals surface area contributed by atoms with Gasteiger partial charge >= 0.3 is 0 Å². The van der Waals surface area contributed by atoms with Crippen LogP contribution in [-0.4, -0.2) is 19.1 Å². The van der Waals surface area contributed by atoms with E-state index in [2.05, 4.69) is 5.32 Å². The Hall–Kier alpha value is -2.27. The molecule has 0 spiro atoms. The molecule has 0 aromatic heterocycles. The Bertz CT molecular complexity index is 652. The summed E-state index contributed by atoms with van der Waals surface area (Å²) in [5.74, 6) is -0.298. The van der Waals surface area contributed by atoms with Crippen LogP contribution in [0.15, 0.2) is 54.6 Å². The van der Waals surface area contributed by atoms with Gasteiger partial charge in [-0.25, -0.2) is 8.78 Å². The van der Waals surface area contributed by atoms with E-state index in [4.69, 9.17) is 4.74 Å². The highest BCUT2D eigenvalue weighted by Gasteiger charge is 2.41. The van der Waals surface area contributed by atoms with Gasteiger partial charge in [-0.3, -0.25) is 4.79 Å². The molecule has 0 unspecified atom stereocenters. The Balaban J connectivity index is 1.78. The number of hydrogen-bond acceptors (Lipinski definition) is 2. The summed E-state index contributed by atoms with van der Waals surface area (Å²) in [6.45, 7) is 0.801. The molecule has 0 radical (unpaired) electrons. The summed E-state index contributed by atoms with van der Waals surface area (Å²) in [5, 5.41) is 2.96. The van der Waals surface area contributed by atoms with Crippen LogP contribution >= 0.6 is 0 Å². The molecule has 0 bridgehead atoms. The van der Waals surface area contributed by atoms with Gasteiger partial charge in [0, 0.05) is 11.1 Å². The van der Waals surface area contributed by atoms with Crippen LogP contribution in [0.3, 0.4) is 0 Å². The second kappa shape index (κ2) is 5.85. The van der Waals surface area contributed by atoms with Gasteiger partial charge in [-0.1, -0.05) is 42.5 Å². The second-order valence-corrected chi connectivity index (χ2v) is 5.32. The molecule has 1 saturated heterocycles. The topological polar surface area (TPSA) is 38.3 Å². The van der Waals surface area contributed by atoms with Crippen molar-refractivity contribution in [1.82, 2.24) is 5.32 Å². The van der Waals surface area contributed by atoms with Crippen molar-refractivity contribution in [3.05, 3.63) is 71.3 Å². The predicted molar refractivity (Wildman–Crippen MR) is 77.8 cm³/mol. The maximum Gasteiger partial charge on any atom is 0.263 e. The Morgan fingerprint density at radius 3 is 2.18 bits per heavy atom. The Labute approximate surface area is 126 Å². The number of nitrogens with one attached hydrogen (secondary N) is 1. The second-order valence-electron chi connectivity index (χ2n) is 5.32. The van der Waals surface area contributed by atoms with Crippen molar-refractivity contribution in [2.75, 3.05) is 13.2 Å². The molecular weight excluding hydrogens is 288 g/mol. The van der Waals surface area contributed by atoms with Crippen molar-refractivity contribution < 1.29 is 18.3 Å². The first kappa shape index (κ1) is 14.7. The van der Waals surface area contributed by atoms with Crippen molar-refractivity contribution in [2.45, 2.75) is 12.0 Å². The molecule has 1 aliphatic heterocycles. The highest BCUT2D eigenvalue weighted by atomic mass is 19.3. The van der Waals surface area contributed by atoms with E-state index in [1.54, 1.807) is 0 Å². The molecule has 1 N–H and O–H groups in total. The number of alkyl halides is 2. The van der Waals surface area contributed by atoms with Crippen LogP contribution in [-0.2, 0) is 10.3 Å². The van der Waals surface area contributed by atoms with Crippen molar-refractivity contribution in [2.24, 2.45) is 0 Å². The molecule has 0 aliphatic carbocycles. The standard InChI is InChI=1S/C17H15F2NO2/c18-15(19)12-6-8-13(9-7-12)16(21)20-17(10-22-11-17)14-4-2-1-3-5-14/h1-9,15H,10-11H2,(H,20,21). The molecular formula is C17H15F2NO2. The van der Waals surface area contributed by atoms with E-state index in [0.717, 1.165) is 5.56 Å². The molecule has 114 valence electrons. The lowest BCUT2D eigenvalue weighted by atomic mass is 9.87. The van der Waals surface area contributed by atoms with Gasteiger partial charge in [-0.15, -0.1) is 0 Å². The predicted octanol–water partition coefficient (Wildman–Crippen LogP) is 3.28. The average Bonchev–Trinajstić information content (AvgIpc) is 2.51. The molecule has 1 fully saturated rings. The summed E-state index contributed by atoms with van der Waals surface area (Å²) < 4.78 is 30.3. The SMILES string of the molecule is O=C(NC1(c2ccccc2)COC1)c1ccc(C(F)F)cc1. The highest BCUT2D eigenvalue weighted by molar-refractivity contribution is 5.95. The minimum absolute atomic E-state index is 0.0960. The zero-order valence-electron chi connectivity index (χ0n) is 11.8. The van der Waals surface area contributed by atoms with Gasteiger partial charge in [0.2, 0.25) is 0 Å². The minimum atomic E-state index is -2.53. The molecule has 3 rings (SSSR count). The molecule has 3 nitrogen and oxygen atoms in total. The zero-order valence-corrected chi connectivity index (χ0v) is 11.8. The van der Waals surface area contributed by atoms with E-state index >= 15 is 0 Å². The lowest BCUT2D eigenvalue weighted by molar-refractivity contribution is -0.0733. The summed E-state index contributed by atoms with van der Waals surface area (Å²) in [5.41, 5.74) is 0.686. The summed E-state index contributed by atoms with van der Waals surface area (Å²) >= 11 is 0. The first-order valence-corrected chi connectivity index (χ1v) is 6.95. The lowest BCUT2D eigenvalue weighted by Crippen LogP contribution is -2.59. The smallest absolute Gasteiger partial charge is 0.263 e. The van der Waals surface area contributed by atoms with E-state index in [-0.39, 0.29) is 11.5 Å². The number of amides is 1. The van der Waals surface area contributed by atoms with Crippen molar-refractivity contribution in [3.63, 3.8) is 0 Å². The Morgan fingerprint density at radius 1 is 1.05 bits per heavy atom. The molecule has 2 aromatic rings. The van der Waals surface area contributed by atoms with Gasteiger partial charge in [0.1, 0.15) is 5.54 Å². The number of carbonyl (C=O) groups is 1. The van der Waals surface area contributed by atoms with Gasteiger partial charge in [0.05, 0.1) is 13.2 Å². The zero-order chi connectivity index (χ0) is 15.6. The van der Waals surface area contributed by atoms with E-state index in [0.29, 0.717) is 18.8 Å². The first-order chi connectivity index (χ1) is 10.6. The van der Waals surface area contributed by atoms with Crippen molar-refractivity contribution in [1.29, 1.82) is 0 Å². The van der Waals surface area contributed by atoms with Gasteiger partial charge in [-0.2, -0.15) is 0 Å². The quantitative estimate of drug-likeness (QED) is 0.941. The van der Waals surface area contributed by atoms with Crippen LogP contribution in [0.4, 0.5) is 8.78 Å². The summed E-state index contributed by atoms with van der Waals surface area (Å²) in [4.78, 5) is 12.4. The first-order valence-electron chi connectivity index (χ1n) is 6.95. The molecule has 1 heterocycles. The number of benzene rings is 2. The highest BCUT2D eigenvalue weighted by Crippen LogP contribution is 2.30. The molecule has 22 heavy (non-hydrogen) atoms. The fourth-order valence-corrected chi connectivity index (χ4v) is 2.44. The lowest BCUT2D eigenvalue weighted by Gasteiger charge is -2.42. The molecule has 1 aliphatic rings. The van der Waals surface area contributed by atoms with Gasteiger partial charge in [-0.05, 0) is 17.7 Å². The third-order valence-electron chi connectivity index (χ3n) is 3.80. The minimum Gasteiger partial charge on any atom is -0.376 e. The summed E-state index contributed by atoms with van der Waals surface area (Å²) in [6, 6.07) is 14.9. The fourth-order valence-electron chi connectivity index (χ4n) is 2.44. The van der Waals surface area contributed by atoms with E-state index in [9.17, 15) is 13.6 Å². The van der Waals surface area contributed by atoms with Crippen LogP contribution in [0.2, 0.25) is 0 Å². The maximum absolute atomic E-state index is 12.5. The average molecular weight is 303 g/mol. The number of carbonyl (C=O) groups excluding carboxylic acids is 1. The number of halogens is 2. The monoisotopic (exact) mass is 303 g/mol. The Kier molecular flexibility index (Phi) is 3.90. The Morgan fingerprint density at radius 2 is 1.68 bits per heavy atom. The van der Waals surface area contributed by atoms with Gasteiger partial charge in [0.15, 0.2) is 0 Å². The van der Waals surface area contributed by atoms with Crippen LogP contribution in [0.5, 0.6) is 0 Å². The van der Waals surface area contributed by atoms with Crippen LogP contribution in [0, 0.1) is 0 Å². The fraction of sp³-hybridized carbons (Fsp3) is 0.235. The van der Waals surface area contributed by atoms with Crippen LogP contribution in [0.1, 0.15) is 27.9 Å². The van der Waals surface area contributed by atoms with Crippen molar-refractivity contribution >= 4 is 5.91 Å².